The first-order valence-electron chi connectivity index (χ1n) is 6.22. The average molecular weight is 243 g/mol. The van der Waals surface area contributed by atoms with Gasteiger partial charge in [-0.15, -0.1) is 0 Å². The van der Waals surface area contributed by atoms with Gasteiger partial charge in [0, 0.05) is 13.0 Å². The lowest BCUT2D eigenvalue weighted by atomic mass is 9.81. The lowest BCUT2D eigenvalue weighted by molar-refractivity contribution is -0.144. The Labute approximate surface area is 104 Å². The van der Waals surface area contributed by atoms with Gasteiger partial charge < -0.3 is 10.1 Å². The van der Waals surface area contributed by atoms with E-state index in [1.807, 2.05) is 0 Å². The fourth-order valence-corrected chi connectivity index (χ4v) is 1.07. The molecule has 0 aromatic heterocycles. The number of rotatable bonds is 7. The molecule has 1 N–H and O–H groups in total. The number of amides is 1. The molecule has 0 aromatic rings. The van der Waals surface area contributed by atoms with Crippen molar-refractivity contribution in [2.75, 3.05) is 13.2 Å². The van der Waals surface area contributed by atoms with E-state index in [1.165, 1.54) is 0 Å². The van der Waals surface area contributed by atoms with Gasteiger partial charge in [-0.2, -0.15) is 0 Å². The standard InChI is InChI=1S/C13H25NO3/c1-6-17-12(16)8-7-11(15)14-9-13(4,5)10(2)3/h10H,6-9H2,1-5H3,(H,14,15). The van der Waals surface area contributed by atoms with E-state index in [4.69, 9.17) is 4.74 Å². The normalized spacial score (nSPS) is 11.4. The topological polar surface area (TPSA) is 55.4 Å². The van der Waals surface area contributed by atoms with Gasteiger partial charge in [0.15, 0.2) is 0 Å². The molecular weight excluding hydrogens is 218 g/mol. The van der Waals surface area contributed by atoms with Gasteiger partial charge >= 0.3 is 5.97 Å². The fraction of sp³-hybridized carbons (Fsp3) is 0.846. The largest absolute Gasteiger partial charge is 0.466 e. The molecule has 0 aromatic carbocycles. The zero-order valence-electron chi connectivity index (χ0n) is 11.6. The first-order valence-corrected chi connectivity index (χ1v) is 6.22. The highest BCUT2D eigenvalue weighted by Gasteiger charge is 2.22. The number of ether oxygens (including phenoxy) is 1. The van der Waals surface area contributed by atoms with E-state index < -0.39 is 0 Å². The molecule has 0 rings (SSSR count). The third-order valence-electron chi connectivity index (χ3n) is 3.17. The van der Waals surface area contributed by atoms with E-state index in [9.17, 15) is 9.59 Å². The minimum atomic E-state index is -0.314. The maximum atomic E-state index is 11.5. The molecule has 0 saturated heterocycles. The monoisotopic (exact) mass is 243 g/mol. The van der Waals surface area contributed by atoms with Crippen LogP contribution < -0.4 is 5.32 Å². The van der Waals surface area contributed by atoms with Crippen LogP contribution in [0.2, 0.25) is 0 Å². The first kappa shape index (κ1) is 15.9. The molecule has 4 heteroatoms. The Kier molecular flexibility index (Phi) is 6.85. The average Bonchev–Trinajstić information content (AvgIpc) is 2.24. The second kappa shape index (κ2) is 7.30. The van der Waals surface area contributed by atoms with Crippen molar-refractivity contribution in [3.63, 3.8) is 0 Å². The molecule has 1 amide bonds. The summed E-state index contributed by atoms with van der Waals surface area (Å²) in [4.78, 5) is 22.6. The molecule has 4 nitrogen and oxygen atoms in total. The number of esters is 1. The Morgan fingerprint density at radius 1 is 1.24 bits per heavy atom. The summed E-state index contributed by atoms with van der Waals surface area (Å²) >= 11 is 0. The number of hydrogen-bond donors (Lipinski definition) is 1. The van der Waals surface area contributed by atoms with E-state index in [2.05, 4.69) is 33.0 Å². The van der Waals surface area contributed by atoms with Crippen LogP contribution in [-0.4, -0.2) is 25.0 Å². The van der Waals surface area contributed by atoms with Crippen LogP contribution in [0.15, 0.2) is 0 Å². The summed E-state index contributed by atoms with van der Waals surface area (Å²) in [6.07, 6.45) is 0.356. The Morgan fingerprint density at radius 3 is 2.29 bits per heavy atom. The summed E-state index contributed by atoms with van der Waals surface area (Å²) in [5, 5.41) is 2.86. The van der Waals surface area contributed by atoms with Gasteiger partial charge in [-0.1, -0.05) is 27.7 Å². The van der Waals surface area contributed by atoms with Gasteiger partial charge in [0.2, 0.25) is 5.91 Å². The Balaban J connectivity index is 3.85. The molecule has 0 atom stereocenters. The summed E-state index contributed by atoms with van der Waals surface area (Å²) in [7, 11) is 0. The Bertz CT molecular complexity index is 259. The molecule has 0 heterocycles. The summed E-state index contributed by atoms with van der Waals surface area (Å²) in [6.45, 7) is 11.2. The highest BCUT2D eigenvalue weighted by Crippen LogP contribution is 2.24. The molecule has 0 aliphatic heterocycles. The molecule has 100 valence electrons. The van der Waals surface area contributed by atoms with Crippen molar-refractivity contribution < 1.29 is 14.3 Å². The number of carbonyl (C=O) groups excluding carboxylic acids is 2. The van der Waals surface area contributed by atoms with Gasteiger partial charge in [0.25, 0.3) is 0 Å². The maximum absolute atomic E-state index is 11.5. The van der Waals surface area contributed by atoms with Gasteiger partial charge in [0.05, 0.1) is 13.0 Å². The highest BCUT2D eigenvalue weighted by molar-refractivity contribution is 5.81. The van der Waals surface area contributed by atoms with Crippen molar-refractivity contribution in [2.24, 2.45) is 11.3 Å². The minimum absolute atomic E-state index is 0.0690. The van der Waals surface area contributed by atoms with Gasteiger partial charge in [-0.3, -0.25) is 9.59 Å². The smallest absolute Gasteiger partial charge is 0.306 e. The quantitative estimate of drug-likeness (QED) is 0.697. The van der Waals surface area contributed by atoms with Crippen molar-refractivity contribution in [2.45, 2.75) is 47.5 Å². The van der Waals surface area contributed by atoms with Gasteiger partial charge in [-0.25, -0.2) is 0 Å². The molecule has 0 saturated carbocycles. The maximum Gasteiger partial charge on any atom is 0.306 e. The molecule has 0 spiro atoms. The van der Waals surface area contributed by atoms with Gasteiger partial charge in [0.1, 0.15) is 0 Å². The fourth-order valence-electron chi connectivity index (χ4n) is 1.07. The van der Waals surface area contributed by atoms with Crippen molar-refractivity contribution in [3.05, 3.63) is 0 Å². The predicted molar refractivity (Wildman–Crippen MR) is 67.5 cm³/mol. The van der Waals surface area contributed by atoms with E-state index in [0.29, 0.717) is 19.1 Å². The Hall–Kier alpha value is -1.06. The molecular formula is C13H25NO3. The summed E-state index contributed by atoms with van der Waals surface area (Å²) < 4.78 is 4.76. The Morgan fingerprint density at radius 2 is 1.82 bits per heavy atom. The van der Waals surface area contributed by atoms with E-state index >= 15 is 0 Å². The first-order chi connectivity index (χ1) is 7.79. The van der Waals surface area contributed by atoms with Crippen LogP contribution in [0, 0.1) is 11.3 Å². The zero-order valence-corrected chi connectivity index (χ0v) is 11.6. The lowest BCUT2D eigenvalue weighted by Gasteiger charge is -2.29. The predicted octanol–water partition coefficient (Wildman–Crippen LogP) is 2.13. The zero-order chi connectivity index (χ0) is 13.5. The molecule has 0 aliphatic rings. The number of carbonyl (C=O) groups is 2. The number of hydrogen-bond acceptors (Lipinski definition) is 3. The van der Waals surface area contributed by atoms with Crippen LogP contribution in [0.25, 0.3) is 0 Å². The lowest BCUT2D eigenvalue weighted by Crippen LogP contribution is -2.37. The molecule has 0 unspecified atom stereocenters. The van der Waals surface area contributed by atoms with Crippen LogP contribution in [-0.2, 0) is 14.3 Å². The molecule has 0 bridgehead atoms. The van der Waals surface area contributed by atoms with Crippen LogP contribution in [0.1, 0.15) is 47.5 Å². The summed E-state index contributed by atoms with van der Waals surface area (Å²) in [5.74, 6) is 0.0883. The van der Waals surface area contributed by atoms with Crippen LogP contribution in [0.4, 0.5) is 0 Å². The van der Waals surface area contributed by atoms with Crippen LogP contribution >= 0.6 is 0 Å². The molecule has 0 radical (unpaired) electrons. The van der Waals surface area contributed by atoms with Crippen molar-refractivity contribution in [3.8, 4) is 0 Å². The third kappa shape index (κ3) is 6.97. The van der Waals surface area contributed by atoms with Crippen molar-refractivity contribution >= 4 is 11.9 Å². The van der Waals surface area contributed by atoms with E-state index in [0.717, 1.165) is 0 Å². The van der Waals surface area contributed by atoms with Crippen LogP contribution in [0.5, 0.6) is 0 Å². The van der Waals surface area contributed by atoms with E-state index in [-0.39, 0.29) is 30.1 Å². The van der Waals surface area contributed by atoms with Crippen molar-refractivity contribution in [1.82, 2.24) is 5.32 Å². The molecule has 0 aliphatic carbocycles. The molecule has 17 heavy (non-hydrogen) atoms. The second-order valence-corrected chi connectivity index (χ2v) is 5.23. The van der Waals surface area contributed by atoms with Gasteiger partial charge in [-0.05, 0) is 18.3 Å². The van der Waals surface area contributed by atoms with Crippen LogP contribution in [0.3, 0.4) is 0 Å². The van der Waals surface area contributed by atoms with Crippen molar-refractivity contribution in [1.29, 1.82) is 0 Å². The SMILES string of the molecule is CCOC(=O)CCC(=O)NCC(C)(C)C(C)C. The third-order valence-corrected chi connectivity index (χ3v) is 3.17. The van der Waals surface area contributed by atoms with E-state index in [1.54, 1.807) is 6.92 Å². The second-order valence-electron chi connectivity index (χ2n) is 5.23. The number of nitrogens with one attached hydrogen (secondary N) is 1. The molecule has 0 fully saturated rings. The summed E-state index contributed by atoms with van der Waals surface area (Å²) in [6, 6.07) is 0. The minimum Gasteiger partial charge on any atom is -0.466 e. The summed E-state index contributed by atoms with van der Waals surface area (Å²) in [5.41, 5.74) is 0.0690. The highest BCUT2D eigenvalue weighted by atomic mass is 16.5.